The number of benzene rings is 1. The van der Waals surface area contributed by atoms with Crippen LogP contribution in [0.15, 0.2) is 39.2 Å². The van der Waals surface area contributed by atoms with Gasteiger partial charge in [-0.25, -0.2) is 4.79 Å². The predicted molar refractivity (Wildman–Crippen MR) is 73.0 cm³/mol. The highest BCUT2D eigenvalue weighted by Gasteiger charge is 2.19. The molecule has 0 radical (unpaired) electrons. The highest BCUT2D eigenvalue weighted by molar-refractivity contribution is 9.10. The Hall–Kier alpha value is -1.59. The fourth-order valence-corrected chi connectivity index (χ4v) is 2.28. The van der Waals surface area contributed by atoms with E-state index in [9.17, 15) is 9.90 Å². The molecule has 0 saturated heterocycles. The molecule has 1 atom stereocenters. The number of aliphatic hydroxyl groups is 1. The largest absolute Gasteiger partial charge is 0.463 e. The van der Waals surface area contributed by atoms with E-state index in [4.69, 9.17) is 4.42 Å². The van der Waals surface area contributed by atoms with E-state index in [1.807, 2.05) is 25.1 Å². The van der Waals surface area contributed by atoms with Crippen molar-refractivity contribution in [3.63, 3.8) is 0 Å². The molecule has 0 spiro atoms. The number of aliphatic hydroxyl groups excluding tert-OH is 1. The van der Waals surface area contributed by atoms with Gasteiger partial charge in [0.15, 0.2) is 0 Å². The summed E-state index contributed by atoms with van der Waals surface area (Å²) < 4.78 is 10.8. The minimum atomic E-state index is -0.911. The first kappa shape index (κ1) is 13.8. The summed E-state index contributed by atoms with van der Waals surface area (Å²) in [5.74, 6) is -0.178. The molecule has 100 valence electrons. The maximum absolute atomic E-state index is 11.3. The van der Waals surface area contributed by atoms with Crippen LogP contribution in [-0.4, -0.2) is 18.2 Å². The summed E-state index contributed by atoms with van der Waals surface area (Å²) >= 11 is 3.37. The van der Waals surface area contributed by atoms with E-state index in [1.54, 1.807) is 6.07 Å². The first-order chi connectivity index (χ1) is 9.02. The maximum Gasteiger partial charge on any atom is 0.373 e. The van der Waals surface area contributed by atoms with Gasteiger partial charge in [-0.15, -0.1) is 0 Å². The lowest BCUT2D eigenvalue weighted by Gasteiger charge is -2.11. The Balaban J connectivity index is 2.31. The molecule has 0 saturated carbocycles. The van der Waals surface area contributed by atoms with Crippen LogP contribution in [0.5, 0.6) is 0 Å². The van der Waals surface area contributed by atoms with Gasteiger partial charge in [-0.2, -0.15) is 0 Å². The van der Waals surface area contributed by atoms with Gasteiger partial charge < -0.3 is 14.3 Å². The molecule has 2 rings (SSSR count). The molecule has 1 N–H and O–H groups in total. The van der Waals surface area contributed by atoms with Gasteiger partial charge in [-0.05, 0) is 42.3 Å². The van der Waals surface area contributed by atoms with Gasteiger partial charge in [0.1, 0.15) is 11.9 Å². The van der Waals surface area contributed by atoms with E-state index in [0.717, 1.165) is 15.6 Å². The third kappa shape index (κ3) is 2.88. The monoisotopic (exact) mass is 324 g/mol. The summed E-state index contributed by atoms with van der Waals surface area (Å²) in [6, 6.07) is 8.61. The average molecular weight is 325 g/mol. The Morgan fingerprint density at radius 3 is 2.74 bits per heavy atom. The third-order valence-corrected chi connectivity index (χ3v) is 3.30. The molecule has 1 unspecified atom stereocenters. The quantitative estimate of drug-likeness (QED) is 0.880. The lowest BCUT2D eigenvalue weighted by Crippen LogP contribution is -2.02. The van der Waals surface area contributed by atoms with Crippen LogP contribution in [0.1, 0.15) is 33.5 Å². The number of carbonyl (C=O) groups excluding carboxylic acids is 1. The third-order valence-electron chi connectivity index (χ3n) is 2.81. The summed E-state index contributed by atoms with van der Waals surface area (Å²) in [5, 5.41) is 10.3. The van der Waals surface area contributed by atoms with Crippen molar-refractivity contribution in [1.29, 1.82) is 0 Å². The van der Waals surface area contributed by atoms with E-state index in [-0.39, 0.29) is 5.76 Å². The lowest BCUT2D eigenvalue weighted by atomic mass is 10.0. The zero-order valence-electron chi connectivity index (χ0n) is 10.5. The second-order valence-corrected chi connectivity index (χ2v) is 5.01. The Kier molecular flexibility index (Phi) is 4.07. The van der Waals surface area contributed by atoms with Crippen LogP contribution in [0, 0.1) is 6.92 Å². The maximum atomic E-state index is 11.3. The zero-order chi connectivity index (χ0) is 14.0. The Morgan fingerprint density at radius 2 is 2.11 bits per heavy atom. The number of rotatable bonds is 3. The van der Waals surface area contributed by atoms with Crippen molar-refractivity contribution in [2.75, 3.05) is 7.11 Å². The minimum Gasteiger partial charge on any atom is -0.463 e. The standard InChI is InChI=1S/C14H13BrO4/c1-8-7-9(15)3-4-10(8)13(16)11-5-6-12(19-11)14(17)18-2/h3-7,13,16H,1-2H3. The van der Waals surface area contributed by atoms with Gasteiger partial charge in [0.25, 0.3) is 0 Å². The average Bonchev–Trinajstić information content (AvgIpc) is 2.86. The molecule has 0 fully saturated rings. The van der Waals surface area contributed by atoms with Crippen LogP contribution < -0.4 is 0 Å². The number of carbonyl (C=O) groups is 1. The molecule has 19 heavy (non-hydrogen) atoms. The van der Waals surface area contributed by atoms with Crippen molar-refractivity contribution < 1.29 is 19.1 Å². The van der Waals surface area contributed by atoms with E-state index in [1.165, 1.54) is 13.2 Å². The number of furan rings is 1. The Morgan fingerprint density at radius 1 is 1.37 bits per heavy atom. The molecular weight excluding hydrogens is 312 g/mol. The van der Waals surface area contributed by atoms with E-state index in [0.29, 0.717) is 5.76 Å². The topological polar surface area (TPSA) is 59.7 Å². The van der Waals surface area contributed by atoms with Crippen LogP contribution in [0.25, 0.3) is 0 Å². The second-order valence-electron chi connectivity index (χ2n) is 4.10. The highest BCUT2D eigenvalue weighted by Crippen LogP contribution is 2.28. The summed E-state index contributed by atoms with van der Waals surface area (Å²) in [6.45, 7) is 1.90. The summed E-state index contributed by atoms with van der Waals surface area (Å²) in [4.78, 5) is 11.3. The van der Waals surface area contributed by atoms with Crippen LogP contribution in [0.4, 0.5) is 0 Å². The molecule has 0 bridgehead atoms. The van der Waals surface area contributed by atoms with Gasteiger partial charge >= 0.3 is 5.97 Å². The fraction of sp³-hybridized carbons (Fsp3) is 0.214. The summed E-state index contributed by atoms with van der Waals surface area (Å²) in [7, 11) is 1.28. The van der Waals surface area contributed by atoms with Crippen LogP contribution in [0.2, 0.25) is 0 Å². The number of hydrogen-bond donors (Lipinski definition) is 1. The first-order valence-corrected chi connectivity index (χ1v) is 6.44. The summed E-state index contributed by atoms with van der Waals surface area (Å²) in [6.07, 6.45) is -0.911. The zero-order valence-corrected chi connectivity index (χ0v) is 12.1. The van der Waals surface area contributed by atoms with Crippen molar-refractivity contribution in [3.8, 4) is 0 Å². The van der Waals surface area contributed by atoms with Gasteiger partial charge in [-0.1, -0.05) is 22.0 Å². The smallest absolute Gasteiger partial charge is 0.373 e. The number of aryl methyl sites for hydroxylation is 1. The molecular formula is C14H13BrO4. The number of halogens is 1. The lowest BCUT2D eigenvalue weighted by molar-refractivity contribution is 0.0558. The number of methoxy groups -OCH3 is 1. The Bertz CT molecular complexity index is 603. The van der Waals surface area contributed by atoms with E-state index < -0.39 is 12.1 Å². The first-order valence-electron chi connectivity index (χ1n) is 5.65. The normalized spacial score (nSPS) is 12.2. The van der Waals surface area contributed by atoms with Crippen molar-refractivity contribution in [2.24, 2.45) is 0 Å². The number of hydrogen-bond acceptors (Lipinski definition) is 4. The molecule has 5 heteroatoms. The number of esters is 1. The van der Waals surface area contributed by atoms with E-state index >= 15 is 0 Å². The molecule has 1 aromatic heterocycles. The van der Waals surface area contributed by atoms with Gasteiger partial charge in [0.05, 0.1) is 7.11 Å². The summed E-state index contributed by atoms with van der Waals surface area (Å²) in [5.41, 5.74) is 1.66. The van der Waals surface area contributed by atoms with Gasteiger partial charge in [-0.3, -0.25) is 0 Å². The molecule has 0 amide bonds. The highest BCUT2D eigenvalue weighted by atomic mass is 79.9. The SMILES string of the molecule is COC(=O)c1ccc(C(O)c2ccc(Br)cc2C)o1. The second kappa shape index (κ2) is 5.59. The molecule has 1 aromatic carbocycles. The minimum absolute atomic E-state index is 0.0753. The van der Waals surface area contributed by atoms with Crippen molar-refractivity contribution in [2.45, 2.75) is 13.0 Å². The molecule has 0 aliphatic rings. The predicted octanol–water partition coefficient (Wildman–Crippen LogP) is 3.22. The molecule has 1 heterocycles. The van der Waals surface area contributed by atoms with Crippen LogP contribution in [0.3, 0.4) is 0 Å². The van der Waals surface area contributed by atoms with Gasteiger partial charge in [0.2, 0.25) is 5.76 Å². The number of ether oxygens (including phenoxy) is 1. The van der Waals surface area contributed by atoms with E-state index in [2.05, 4.69) is 20.7 Å². The van der Waals surface area contributed by atoms with Crippen molar-refractivity contribution in [3.05, 3.63) is 57.5 Å². The van der Waals surface area contributed by atoms with Crippen LogP contribution >= 0.6 is 15.9 Å². The Labute approximate surface area is 119 Å². The fourth-order valence-electron chi connectivity index (χ4n) is 1.81. The van der Waals surface area contributed by atoms with Crippen molar-refractivity contribution in [1.82, 2.24) is 0 Å². The van der Waals surface area contributed by atoms with Gasteiger partial charge in [0, 0.05) is 4.47 Å². The van der Waals surface area contributed by atoms with Crippen molar-refractivity contribution >= 4 is 21.9 Å². The molecule has 2 aromatic rings. The molecule has 0 aliphatic carbocycles. The van der Waals surface area contributed by atoms with Crippen LogP contribution in [-0.2, 0) is 4.74 Å². The molecule has 0 aliphatic heterocycles. The molecule has 4 nitrogen and oxygen atoms in total.